The fraction of sp³-hybridized carbons (Fsp3) is 0.267. The van der Waals surface area contributed by atoms with Crippen molar-refractivity contribution >= 4 is 29.0 Å². The van der Waals surface area contributed by atoms with E-state index in [-0.39, 0.29) is 34.6 Å². The van der Waals surface area contributed by atoms with Crippen LogP contribution in [0.4, 0.5) is 5.69 Å². The number of para-hydroxylation sites is 1. The Kier molecular flexibility index (Phi) is 5.53. The highest BCUT2D eigenvalue weighted by Crippen LogP contribution is 2.22. The number of anilines is 1. The first kappa shape index (κ1) is 16.8. The standard InChI is InChI=1S/C15H18N4O3S/c1-3-17-14(20)12-11(16)13(23-19-12)15(21)18-8-9-6-4-5-7-10(9)22-2/h4-7H,3,8,16H2,1-2H3,(H,17,20)(H,18,21). The normalized spacial score (nSPS) is 10.2. The SMILES string of the molecule is CCNC(=O)c1nsc(C(=O)NCc2ccccc2OC)c1N. The molecule has 1 heterocycles. The first-order valence-corrected chi connectivity index (χ1v) is 7.79. The van der Waals surface area contributed by atoms with Crippen LogP contribution in [0.1, 0.15) is 32.6 Å². The average molecular weight is 334 g/mol. The summed E-state index contributed by atoms with van der Waals surface area (Å²) in [5.74, 6) is -0.0698. The zero-order chi connectivity index (χ0) is 16.8. The van der Waals surface area contributed by atoms with Crippen molar-refractivity contribution in [2.24, 2.45) is 0 Å². The first-order chi connectivity index (χ1) is 11.1. The van der Waals surface area contributed by atoms with Gasteiger partial charge in [-0.05, 0) is 24.5 Å². The van der Waals surface area contributed by atoms with Crippen LogP contribution < -0.4 is 21.1 Å². The molecule has 0 bridgehead atoms. The molecule has 2 rings (SSSR count). The number of aromatic nitrogens is 1. The maximum absolute atomic E-state index is 12.2. The summed E-state index contributed by atoms with van der Waals surface area (Å²) in [5, 5.41) is 5.36. The summed E-state index contributed by atoms with van der Waals surface area (Å²) in [6.07, 6.45) is 0. The predicted molar refractivity (Wildman–Crippen MR) is 88.7 cm³/mol. The average Bonchev–Trinajstić information content (AvgIpc) is 2.94. The molecule has 1 aromatic heterocycles. The van der Waals surface area contributed by atoms with E-state index in [1.165, 1.54) is 0 Å². The number of rotatable bonds is 6. The van der Waals surface area contributed by atoms with Gasteiger partial charge in [0, 0.05) is 18.7 Å². The molecule has 0 spiro atoms. The van der Waals surface area contributed by atoms with Crippen molar-refractivity contribution in [3.05, 3.63) is 40.4 Å². The summed E-state index contributed by atoms with van der Waals surface area (Å²) in [6, 6.07) is 7.38. The fourth-order valence-corrected chi connectivity index (χ4v) is 2.69. The third kappa shape index (κ3) is 3.78. The lowest BCUT2D eigenvalue weighted by atomic mass is 10.2. The molecular formula is C15H18N4O3S. The van der Waals surface area contributed by atoms with Gasteiger partial charge in [0.25, 0.3) is 11.8 Å². The van der Waals surface area contributed by atoms with E-state index in [2.05, 4.69) is 15.0 Å². The van der Waals surface area contributed by atoms with E-state index in [4.69, 9.17) is 10.5 Å². The summed E-state index contributed by atoms with van der Waals surface area (Å²) < 4.78 is 9.19. The van der Waals surface area contributed by atoms with E-state index in [0.717, 1.165) is 17.1 Å². The number of nitrogens with one attached hydrogen (secondary N) is 2. The molecule has 122 valence electrons. The highest BCUT2D eigenvalue weighted by Gasteiger charge is 2.21. The molecule has 2 amide bonds. The summed E-state index contributed by atoms with van der Waals surface area (Å²) in [6.45, 7) is 2.54. The van der Waals surface area contributed by atoms with Crippen LogP contribution in [0.25, 0.3) is 0 Å². The van der Waals surface area contributed by atoms with Crippen LogP contribution in [0.5, 0.6) is 5.75 Å². The van der Waals surface area contributed by atoms with Gasteiger partial charge < -0.3 is 21.1 Å². The maximum Gasteiger partial charge on any atom is 0.273 e. The Hall–Kier alpha value is -2.61. The second kappa shape index (κ2) is 7.59. The predicted octanol–water partition coefficient (Wildman–Crippen LogP) is 1.41. The Morgan fingerprint density at radius 1 is 1.26 bits per heavy atom. The Balaban J connectivity index is 2.08. The molecule has 0 aliphatic heterocycles. The zero-order valence-corrected chi connectivity index (χ0v) is 13.7. The van der Waals surface area contributed by atoms with Crippen molar-refractivity contribution in [3.63, 3.8) is 0 Å². The fourth-order valence-electron chi connectivity index (χ4n) is 1.97. The van der Waals surface area contributed by atoms with Gasteiger partial charge in [0.2, 0.25) is 0 Å². The number of hydrogen-bond acceptors (Lipinski definition) is 6. The molecule has 2 aromatic rings. The van der Waals surface area contributed by atoms with Gasteiger partial charge >= 0.3 is 0 Å². The second-order valence-electron chi connectivity index (χ2n) is 4.63. The Labute approximate surface area is 138 Å². The van der Waals surface area contributed by atoms with E-state index in [1.54, 1.807) is 14.0 Å². The van der Waals surface area contributed by atoms with E-state index in [1.807, 2.05) is 24.3 Å². The van der Waals surface area contributed by atoms with Crippen LogP contribution in [0.2, 0.25) is 0 Å². The smallest absolute Gasteiger partial charge is 0.273 e. The minimum atomic E-state index is -0.384. The highest BCUT2D eigenvalue weighted by molar-refractivity contribution is 7.09. The van der Waals surface area contributed by atoms with Gasteiger partial charge in [-0.25, -0.2) is 0 Å². The van der Waals surface area contributed by atoms with Crippen LogP contribution in [0.3, 0.4) is 0 Å². The third-order valence-electron chi connectivity index (χ3n) is 3.12. The van der Waals surface area contributed by atoms with Crippen molar-refractivity contribution in [2.75, 3.05) is 19.4 Å². The Bertz CT molecular complexity index is 714. The number of nitrogens with two attached hydrogens (primary N) is 1. The quantitative estimate of drug-likeness (QED) is 0.740. The number of hydrogen-bond donors (Lipinski definition) is 3. The zero-order valence-electron chi connectivity index (χ0n) is 12.9. The van der Waals surface area contributed by atoms with Crippen molar-refractivity contribution in [2.45, 2.75) is 13.5 Å². The van der Waals surface area contributed by atoms with Crippen LogP contribution in [-0.4, -0.2) is 29.8 Å². The highest BCUT2D eigenvalue weighted by atomic mass is 32.1. The lowest BCUT2D eigenvalue weighted by molar-refractivity contribution is 0.0950. The number of benzene rings is 1. The van der Waals surface area contributed by atoms with Crippen molar-refractivity contribution in [3.8, 4) is 5.75 Å². The summed E-state index contributed by atoms with van der Waals surface area (Å²) in [7, 11) is 1.57. The molecule has 0 atom stereocenters. The number of ether oxygens (including phenoxy) is 1. The molecule has 7 nitrogen and oxygen atoms in total. The number of nitrogen functional groups attached to an aromatic ring is 1. The minimum absolute atomic E-state index is 0.0827. The molecule has 1 aromatic carbocycles. The number of carbonyl (C=O) groups is 2. The van der Waals surface area contributed by atoms with Crippen LogP contribution in [0.15, 0.2) is 24.3 Å². The van der Waals surface area contributed by atoms with E-state index >= 15 is 0 Å². The van der Waals surface area contributed by atoms with Crippen LogP contribution in [-0.2, 0) is 6.54 Å². The monoisotopic (exact) mass is 334 g/mol. The maximum atomic E-state index is 12.2. The first-order valence-electron chi connectivity index (χ1n) is 7.01. The molecule has 0 aliphatic rings. The molecular weight excluding hydrogens is 316 g/mol. The van der Waals surface area contributed by atoms with Gasteiger partial charge in [-0.3, -0.25) is 9.59 Å². The van der Waals surface area contributed by atoms with Crippen LogP contribution >= 0.6 is 11.5 Å². The Morgan fingerprint density at radius 3 is 2.70 bits per heavy atom. The summed E-state index contributed by atoms with van der Waals surface area (Å²) in [4.78, 5) is 24.2. The van der Waals surface area contributed by atoms with Crippen molar-refractivity contribution < 1.29 is 14.3 Å². The molecule has 0 unspecified atom stereocenters. The van der Waals surface area contributed by atoms with Gasteiger partial charge in [-0.1, -0.05) is 18.2 Å². The number of nitrogens with zero attached hydrogens (tertiary/aromatic N) is 1. The number of methoxy groups -OCH3 is 1. The van der Waals surface area contributed by atoms with Crippen molar-refractivity contribution in [1.29, 1.82) is 0 Å². The molecule has 0 saturated carbocycles. The summed E-state index contributed by atoms with van der Waals surface area (Å²) >= 11 is 0.904. The molecule has 0 radical (unpaired) electrons. The topological polar surface area (TPSA) is 106 Å². The van der Waals surface area contributed by atoms with Gasteiger partial charge in [0.05, 0.1) is 12.8 Å². The molecule has 8 heteroatoms. The van der Waals surface area contributed by atoms with E-state index < -0.39 is 0 Å². The van der Waals surface area contributed by atoms with E-state index in [9.17, 15) is 9.59 Å². The second-order valence-corrected chi connectivity index (χ2v) is 5.40. The summed E-state index contributed by atoms with van der Waals surface area (Å²) in [5.41, 5.74) is 6.88. The molecule has 0 saturated heterocycles. The lowest BCUT2D eigenvalue weighted by Crippen LogP contribution is -2.25. The van der Waals surface area contributed by atoms with Crippen LogP contribution in [0, 0.1) is 0 Å². The molecule has 0 fully saturated rings. The van der Waals surface area contributed by atoms with Gasteiger partial charge in [0.1, 0.15) is 10.6 Å². The minimum Gasteiger partial charge on any atom is -0.496 e. The van der Waals surface area contributed by atoms with Gasteiger partial charge in [-0.2, -0.15) is 4.37 Å². The third-order valence-corrected chi connectivity index (χ3v) is 3.98. The molecule has 23 heavy (non-hydrogen) atoms. The Morgan fingerprint density at radius 2 is 2.00 bits per heavy atom. The largest absolute Gasteiger partial charge is 0.496 e. The van der Waals surface area contributed by atoms with Gasteiger partial charge in [-0.15, -0.1) is 0 Å². The number of carbonyl (C=O) groups excluding carboxylic acids is 2. The van der Waals surface area contributed by atoms with E-state index in [0.29, 0.717) is 12.3 Å². The molecule has 0 aliphatic carbocycles. The number of amides is 2. The van der Waals surface area contributed by atoms with Crippen molar-refractivity contribution in [1.82, 2.24) is 15.0 Å². The lowest BCUT2D eigenvalue weighted by Gasteiger charge is -2.09. The van der Waals surface area contributed by atoms with Gasteiger partial charge in [0.15, 0.2) is 5.69 Å². The molecule has 4 N–H and O–H groups in total.